The molecule has 27 heavy (non-hydrogen) atoms. The van der Waals surface area contributed by atoms with E-state index in [1.807, 2.05) is 30.4 Å². The molecule has 2 aliphatic rings. The highest BCUT2D eigenvalue weighted by Gasteiger charge is 2.24. The molecule has 1 amide bonds. The van der Waals surface area contributed by atoms with Gasteiger partial charge in [-0.3, -0.25) is 14.8 Å². The number of anilines is 1. The van der Waals surface area contributed by atoms with Crippen molar-refractivity contribution in [1.82, 2.24) is 15.9 Å². The number of hydrogen-bond donors (Lipinski definition) is 2. The second-order valence-corrected chi connectivity index (χ2v) is 6.86. The van der Waals surface area contributed by atoms with Crippen molar-refractivity contribution in [3.8, 4) is 11.1 Å². The van der Waals surface area contributed by atoms with E-state index >= 15 is 0 Å². The lowest BCUT2D eigenvalue weighted by Gasteiger charge is -2.28. The number of rotatable bonds is 4. The number of aromatic nitrogens is 1. The Kier molecular flexibility index (Phi) is 5.07. The van der Waals surface area contributed by atoms with Crippen LogP contribution in [0.4, 0.5) is 5.69 Å². The standard InChI is InChI=1S/C21H24N4O2/c1-2-21(26)23-20-6-3-5-17-18(13-22-14-19(17)20)15-7-9-16(10-8-15)25-11-4-12-27-24-25/h4,7-10,12-14,20,24H,2-3,5-6,11H2,1H3,(H,23,26). The van der Waals surface area contributed by atoms with Crippen LogP contribution in [0.15, 0.2) is 49.0 Å². The van der Waals surface area contributed by atoms with Crippen LogP contribution >= 0.6 is 0 Å². The third-order valence-electron chi connectivity index (χ3n) is 5.15. The lowest BCUT2D eigenvalue weighted by molar-refractivity contribution is -0.121. The summed E-state index contributed by atoms with van der Waals surface area (Å²) in [6.45, 7) is 2.63. The smallest absolute Gasteiger partial charge is 0.220 e. The molecule has 0 radical (unpaired) electrons. The highest BCUT2D eigenvalue weighted by molar-refractivity contribution is 5.76. The predicted octanol–water partition coefficient (Wildman–Crippen LogP) is 3.42. The van der Waals surface area contributed by atoms with E-state index in [9.17, 15) is 4.79 Å². The van der Waals surface area contributed by atoms with Gasteiger partial charge < -0.3 is 10.2 Å². The zero-order valence-electron chi connectivity index (χ0n) is 15.4. The van der Waals surface area contributed by atoms with Gasteiger partial charge in [-0.05, 0) is 54.2 Å². The molecule has 0 saturated heterocycles. The molecule has 6 nitrogen and oxygen atoms in total. The van der Waals surface area contributed by atoms with E-state index in [0.717, 1.165) is 48.2 Å². The summed E-state index contributed by atoms with van der Waals surface area (Å²) in [7, 11) is 0. The number of amides is 1. The topological polar surface area (TPSA) is 66.5 Å². The maximum absolute atomic E-state index is 11.9. The molecule has 0 bridgehead atoms. The number of carbonyl (C=O) groups excluding carboxylic acids is 1. The molecule has 0 spiro atoms. The van der Waals surface area contributed by atoms with Crippen LogP contribution in [0.3, 0.4) is 0 Å². The van der Waals surface area contributed by atoms with Gasteiger partial charge in [0.05, 0.1) is 18.3 Å². The molecule has 2 heterocycles. The molecule has 2 N–H and O–H groups in total. The molecule has 6 heteroatoms. The minimum Gasteiger partial charge on any atom is -0.397 e. The molecule has 4 rings (SSSR count). The van der Waals surface area contributed by atoms with Gasteiger partial charge in [0.2, 0.25) is 5.91 Å². The third kappa shape index (κ3) is 3.66. The first-order valence-electron chi connectivity index (χ1n) is 9.46. The van der Waals surface area contributed by atoms with Gasteiger partial charge in [-0.25, -0.2) is 0 Å². The van der Waals surface area contributed by atoms with Gasteiger partial charge in [0.25, 0.3) is 0 Å². The number of hydrazine groups is 1. The van der Waals surface area contributed by atoms with Crippen molar-refractivity contribution in [3.63, 3.8) is 0 Å². The molecule has 1 aliphatic carbocycles. The number of nitrogens with one attached hydrogen (secondary N) is 2. The molecule has 0 saturated carbocycles. The zero-order chi connectivity index (χ0) is 18.6. The third-order valence-corrected chi connectivity index (χ3v) is 5.15. The van der Waals surface area contributed by atoms with E-state index in [0.29, 0.717) is 6.42 Å². The first-order valence-corrected chi connectivity index (χ1v) is 9.46. The largest absolute Gasteiger partial charge is 0.397 e. The number of carbonyl (C=O) groups is 1. The van der Waals surface area contributed by atoms with Crippen LogP contribution in [0.25, 0.3) is 11.1 Å². The molecule has 1 aromatic carbocycles. The van der Waals surface area contributed by atoms with Gasteiger partial charge in [0.1, 0.15) is 6.26 Å². The van der Waals surface area contributed by atoms with Gasteiger partial charge in [0.15, 0.2) is 0 Å². The lowest BCUT2D eigenvalue weighted by atomic mass is 9.84. The second kappa shape index (κ2) is 7.80. The maximum Gasteiger partial charge on any atom is 0.220 e. The Labute approximate surface area is 159 Å². The van der Waals surface area contributed by atoms with E-state index in [1.165, 1.54) is 5.56 Å². The summed E-state index contributed by atoms with van der Waals surface area (Å²) in [4.78, 5) is 21.5. The van der Waals surface area contributed by atoms with E-state index in [4.69, 9.17) is 4.84 Å². The van der Waals surface area contributed by atoms with Crippen LogP contribution in [0.5, 0.6) is 0 Å². The molecule has 1 aromatic heterocycles. The fourth-order valence-corrected chi connectivity index (χ4v) is 3.72. The van der Waals surface area contributed by atoms with E-state index in [-0.39, 0.29) is 11.9 Å². The van der Waals surface area contributed by atoms with Crippen molar-refractivity contribution >= 4 is 11.6 Å². The summed E-state index contributed by atoms with van der Waals surface area (Å²) < 4.78 is 0. The van der Waals surface area contributed by atoms with Crippen LogP contribution in [0, 0.1) is 0 Å². The molecule has 0 fully saturated rings. The average molecular weight is 364 g/mol. The Bertz CT molecular complexity index is 848. The molecule has 2 aromatic rings. The summed E-state index contributed by atoms with van der Waals surface area (Å²) in [6.07, 6.45) is 11.0. The molecule has 140 valence electrons. The van der Waals surface area contributed by atoms with Crippen LogP contribution < -0.4 is 15.9 Å². The van der Waals surface area contributed by atoms with Crippen molar-refractivity contribution in [2.24, 2.45) is 0 Å². The Morgan fingerprint density at radius 1 is 1.33 bits per heavy atom. The predicted molar refractivity (Wildman–Crippen MR) is 104 cm³/mol. The summed E-state index contributed by atoms with van der Waals surface area (Å²) >= 11 is 0. The fraction of sp³-hybridized carbons (Fsp3) is 0.333. The van der Waals surface area contributed by atoms with Gasteiger partial charge in [-0.2, -0.15) is 0 Å². The Balaban J connectivity index is 1.62. The Morgan fingerprint density at radius 2 is 2.19 bits per heavy atom. The number of hydrogen-bond acceptors (Lipinski definition) is 5. The average Bonchev–Trinajstić information content (AvgIpc) is 2.74. The van der Waals surface area contributed by atoms with E-state index in [1.54, 1.807) is 6.26 Å². The minimum atomic E-state index is 0.0643. The Morgan fingerprint density at radius 3 is 2.93 bits per heavy atom. The minimum absolute atomic E-state index is 0.0643. The normalized spacial score (nSPS) is 18.6. The highest BCUT2D eigenvalue weighted by Crippen LogP contribution is 2.36. The molecular weight excluding hydrogens is 340 g/mol. The Hall–Kier alpha value is -2.86. The van der Waals surface area contributed by atoms with Crippen LogP contribution in [-0.4, -0.2) is 17.4 Å². The quantitative estimate of drug-likeness (QED) is 0.870. The molecule has 1 atom stereocenters. The van der Waals surface area contributed by atoms with Crippen molar-refractivity contribution in [2.45, 2.75) is 38.6 Å². The lowest BCUT2D eigenvalue weighted by Crippen LogP contribution is -2.39. The van der Waals surface area contributed by atoms with Gasteiger partial charge in [-0.15, -0.1) is 0 Å². The van der Waals surface area contributed by atoms with Crippen molar-refractivity contribution < 1.29 is 9.63 Å². The molecule has 1 unspecified atom stereocenters. The first-order chi connectivity index (χ1) is 13.3. The molecule has 1 aliphatic heterocycles. The van der Waals surface area contributed by atoms with Crippen molar-refractivity contribution in [2.75, 3.05) is 11.6 Å². The fourth-order valence-electron chi connectivity index (χ4n) is 3.72. The number of pyridine rings is 1. The van der Waals surface area contributed by atoms with Gasteiger partial charge in [-0.1, -0.05) is 24.6 Å². The van der Waals surface area contributed by atoms with Crippen molar-refractivity contribution in [1.29, 1.82) is 0 Å². The molecular formula is C21H24N4O2. The summed E-state index contributed by atoms with van der Waals surface area (Å²) in [5, 5.41) is 5.07. The summed E-state index contributed by atoms with van der Waals surface area (Å²) in [5.41, 5.74) is 8.64. The number of fused-ring (bicyclic) bond motifs is 1. The zero-order valence-corrected chi connectivity index (χ0v) is 15.4. The summed E-state index contributed by atoms with van der Waals surface area (Å²) in [5.74, 6) is 0.0907. The van der Waals surface area contributed by atoms with E-state index < -0.39 is 0 Å². The maximum atomic E-state index is 11.9. The van der Waals surface area contributed by atoms with Gasteiger partial charge >= 0.3 is 0 Å². The SMILES string of the molecule is CCC(=O)NC1CCCc2c(-c3ccc(N4CC=CON4)cc3)cncc21. The van der Waals surface area contributed by atoms with Crippen LogP contribution in [0.2, 0.25) is 0 Å². The van der Waals surface area contributed by atoms with E-state index in [2.05, 4.69) is 40.2 Å². The second-order valence-electron chi connectivity index (χ2n) is 6.86. The number of nitrogens with zero attached hydrogens (tertiary/aromatic N) is 2. The first kappa shape index (κ1) is 17.5. The monoisotopic (exact) mass is 364 g/mol. The number of benzene rings is 1. The van der Waals surface area contributed by atoms with Crippen molar-refractivity contribution in [3.05, 3.63) is 60.1 Å². The van der Waals surface area contributed by atoms with Crippen LogP contribution in [0.1, 0.15) is 43.4 Å². The summed E-state index contributed by atoms with van der Waals surface area (Å²) in [6, 6.07) is 8.43. The highest BCUT2D eigenvalue weighted by atomic mass is 16.7. The van der Waals surface area contributed by atoms with Gasteiger partial charge in [0, 0.05) is 24.4 Å². The van der Waals surface area contributed by atoms with Crippen LogP contribution in [-0.2, 0) is 16.1 Å².